The number of hydrogen-bond donors (Lipinski definition) is 1. The second-order valence-electron chi connectivity index (χ2n) is 5.76. The molecule has 2 N–H and O–H groups in total. The smallest absolute Gasteiger partial charge is 0.0951 e. The van der Waals surface area contributed by atoms with Crippen LogP contribution in [0.1, 0.15) is 38.0 Å². The summed E-state index contributed by atoms with van der Waals surface area (Å²) in [7, 11) is 2.19. The fourth-order valence-corrected chi connectivity index (χ4v) is 2.84. The van der Waals surface area contributed by atoms with Gasteiger partial charge < -0.3 is 15.2 Å². The summed E-state index contributed by atoms with van der Waals surface area (Å²) in [6.07, 6.45) is 5.11. The molecule has 2 heterocycles. The predicted octanol–water partition coefficient (Wildman–Crippen LogP) is 1.10. The van der Waals surface area contributed by atoms with Gasteiger partial charge >= 0.3 is 0 Å². The van der Waals surface area contributed by atoms with Gasteiger partial charge in [0.1, 0.15) is 0 Å². The van der Waals surface area contributed by atoms with Crippen LogP contribution in [0.5, 0.6) is 0 Å². The first-order valence-corrected chi connectivity index (χ1v) is 7.28. The Kier molecular flexibility index (Phi) is 4.96. The van der Waals surface area contributed by atoms with Crippen LogP contribution in [0.25, 0.3) is 0 Å². The van der Waals surface area contributed by atoms with Crippen molar-refractivity contribution < 1.29 is 0 Å². The Morgan fingerprint density at radius 3 is 2.74 bits per heavy atom. The van der Waals surface area contributed by atoms with Gasteiger partial charge in [0.05, 0.1) is 18.1 Å². The lowest BCUT2D eigenvalue weighted by Gasteiger charge is -2.31. The van der Waals surface area contributed by atoms with E-state index < -0.39 is 0 Å². The molecule has 0 bridgehead atoms. The molecule has 5 nitrogen and oxygen atoms in total. The van der Waals surface area contributed by atoms with Gasteiger partial charge in [0, 0.05) is 38.4 Å². The molecule has 1 saturated heterocycles. The molecule has 0 radical (unpaired) electrons. The fourth-order valence-electron chi connectivity index (χ4n) is 2.84. The van der Waals surface area contributed by atoms with E-state index in [-0.39, 0.29) is 6.04 Å². The zero-order chi connectivity index (χ0) is 13.8. The minimum absolute atomic E-state index is 0.288. The van der Waals surface area contributed by atoms with Crippen LogP contribution in [0.4, 0.5) is 0 Å². The van der Waals surface area contributed by atoms with Crippen molar-refractivity contribution in [2.24, 2.45) is 5.73 Å². The minimum Gasteiger partial charge on any atom is -0.331 e. The molecule has 5 heteroatoms. The van der Waals surface area contributed by atoms with Crippen molar-refractivity contribution in [3.8, 4) is 0 Å². The number of rotatable bonds is 4. The average molecular weight is 265 g/mol. The molecule has 2 rings (SSSR count). The maximum absolute atomic E-state index is 6.05. The van der Waals surface area contributed by atoms with E-state index in [1.54, 1.807) is 0 Å². The summed E-state index contributed by atoms with van der Waals surface area (Å²) < 4.78 is 2.24. The normalized spacial score (nSPS) is 20.7. The van der Waals surface area contributed by atoms with Crippen LogP contribution in [-0.4, -0.2) is 59.1 Å². The van der Waals surface area contributed by atoms with E-state index in [0.717, 1.165) is 19.6 Å². The van der Waals surface area contributed by atoms with Gasteiger partial charge in [-0.25, -0.2) is 4.98 Å². The van der Waals surface area contributed by atoms with Crippen molar-refractivity contribution in [2.75, 3.05) is 39.8 Å². The zero-order valence-corrected chi connectivity index (χ0v) is 12.4. The van der Waals surface area contributed by atoms with Crippen molar-refractivity contribution in [1.82, 2.24) is 19.4 Å². The standard InChI is InChI=1S/C14H27N5/c1-12(2)19-11-16-10-14(19)13(9-15)18-6-4-5-17(3)7-8-18/h10-13H,4-9,15H2,1-3H3. The molecule has 0 spiro atoms. The van der Waals surface area contributed by atoms with Crippen molar-refractivity contribution in [3.63, 3.8) is 0 Å². The van der Waals surface area contributed by atoms with Gasteiger partial charge in [-0.05, 0) is 33.9 Å². The third kappa shape index (κ3) is 3.35. The van der Waals surface area contributed by atoms with E-state index in [9.17, 15) is 0 Å². The van der Waals surface area contributed by atoms with E-state index in [0.29, 0.717) is 12.6 Å². The van der Waals surface area contributed by atoms with Gasteiger partial charge in [-0.1, -0.05) is 0 Å². The molecular formula is C14H27N5. The summed E-state index contributed by atoms with van der Waals surface area (Å²) in [5, 5.41) is 0. The SMILES string of the molecule is CC(C)n1cncc1C(CN)N1CCCN(C)CC1. The lowest BCUT2D eigenvalue weighted by molar-refractivity contribution is 0.199. The summed E-state index contributed by atoms with van der Waals surface area (Å²) in [4.78, 5) is 9.23. The second kappa shape index (κ2) is 6.50. The molecule has 0 aliphatic carbocycles. The van der Waals surface area contributed by atoms with Gasteiger partial charge in [-0.3, -0.25) is 4.90 Å². The monoisotopic (exact) mass is 265 g/mol. The summed E-state index contributed by atoms with van der Waals surface area (Å²) in [6.45, 7) is 9.53. The van der Waals surface area contributed by atoms with E-state index in [1.807, 2.05) is 12.5 Å². The Hall–Kier alpha value is -0.910. The molecule has 1 aromatic rings. The maximum Gasteiger partial charge on any atom is 0.0951 e. The molecule has 0 saturated carbocycles. The quantitative estimate of drug-likeness (QED) is 0.886. The average Bonchev–Trinajstić information content (AvgIpc) is 2.76. The van der Waals surface area contributed by atoms with Crippen LogP contribution in [0, 0.1) is 0 Å². The topological polar surface area (TPSA) is 50.3 Å². The molecule has 0 aromatic carbocycles. The number of nitrogens with two attached hydrogens (primary N) is 1. The van der Waals surface area contributed by atoms with Crippen LogP contribution in [0.15, 0.2) is 12.5 Å². The number of imidazole rings is 1. The molecule has 1 aliphatic heterocycles. The van der Waals surface area contributed by atoms with Gasteiger partial charge in [0.25, 0.3) is 0 Å². The Bertz CT molecular complexity index is 387. The molecule has 108 valence electrons. The van der Waals surface area contributed by atoms with E-state index in [2.05, 4.69) is 40.2 Å². The van der Waals surface area contributed by atoms with E-state index >= 15 is 0 Å². The summed E-state index contributed by atoms with van der Waals surface area (Å²) in [5.74, 6) is 0. The number of aromatic nitrogens is 2. The van der Waals surface area contributed by atoms with Crippen LogP contribution in [0.2, 0.25) is 0 Å². The van der Waals surface area contributed by atoms with Crippen molar-refractivity contribution in [3.05, 3.63) is 18.2 Å². The molecule has 1 unspecified atom stereocenters. The first-order chi connectivity index (χ1) is 9.13. The number of nitrogens with zero attached hydrogens (tertiary/aromatic N) is 4. The third-order valence-electron chi connectivity index (χ3n) is 4.01. The van der Waals surface area contributed by atoms with Crippen LogP contribution in [0.3, 0.4) is 0 Å². The molecule has 1 aromatic heterocycles. The number of likely N-dealkylation sites (N-methyl/N-ethyl adjacent to an activating group) is 1. The first kappa shape index (κ1) is 14.5. The van der Waals surface area contributed by atoms with Crippen LogP contribution in [-0.2, 0) is 0 Å². The highest BCUT2D eigenvalue weighted by molar-refractivity contribution is 5.08. The van der Waals surface area contributed by atoms with Gasteiger partial charge in [-0.2, -0.15) is 0 Å². The molecule has 19 heavy (non-hydrogen) atoms. The second-order valence-corrected chi connectivity index (χ2v) is 5.76. The predicted molar refractivity (Wildman–Crippen MR) is 78.1 cm³/mol. The lowest BCUT2D eigenvalue weighted by Crippen LogP contribution is -2.37. The van der Waals surface area contributed by atoms with Gasteiger partial charge in [0.15, 0.2) is 0 Å². The van der Waals surface area contributed by atoms with Crippen LogP contribution >= 0.6 is 0 Å². The highest BCUT2D eigenvalue weighted by atomic mass is 15.2. The Balaban J connectivity index is 2.16. The summed E-state index contributed by atoms with van der Waals surface area (Å²) >= 11 is 0. The van der Waals surface area contributed by atoms with E-state index in [4.69, 9.17) is 5.73 Å². The maximum atomic E-state index is 6.05. The van der Waals surface area contributed by atoms with Gasteiger partial charge in [0.2, 0.25) is 0 Å². The summed E-state index contributed by atoms with van der Waals surface area (Å²) in [6, 6.07) is 0.720. The molecule has 1 fully saturated rings. The minimum atomic E-state index is 0.288. The Morgan fingerprint density at radius 1 is 1.26 bits per heavy atom. The lowest BCUT2D eigenvalue weighted by atomic mass is 10.1. The van der Waals surface area contributed by atoms with Crippen molar-refractivity contribution in [2.45, 2.75) is 32.4 Å². The molecule has 1 atom stereocenters. The molecule has 0 amide bonds. The summed E-state index contributed by atoms with van der Waals surface area (Å²) in [5.41, 5.74) is 7.31. The van der Waals surface area contributed by atoms with Crippen molar-refractivity contribution >= 4 is 0 Å². The zero-order valence-electron chi connectivity index (χ0n) is 12.4. The fraction of sp³-hybridized carbons (Fsp3) is 0.786. The Labute approximate surface area is 116 Å². The first-order valence-electron chi connectivity index (χ1n) is 7.28. The highest BCUT2D eigenvalue weighted by Crippen LogP contribution is 2.23. The largest absolute Gasteiger partial charge is 0.331 e. The third-order valence-corrected chi connectivity index (χ3v) is 4.01. The van der Waals surface area contributed by atoms with Crippen LogP contribution < -0.4 is 5.73 Å². The van der Waals surface area contributed by atoms with E-state index in [1.165, 1.54) is 18.7 Å². The Morgan fingerprint density at radius 2 is 2.05 bits per heavy atom. The highest BCUT2D eigenvalue weighted by Gasteiger charge is 2.24. The molecular weight excluding hydrogens is 238 g/mol. The van der Waals surface area contributed by atoms with Crippen molar-refractivity contribution in [1.29, 1.82) is 0 Å². The van der Waals surface area contributed by atoms with Gasteiger partial charge in [-0.15, -0.1) is 0 Å². The molecule has 1 aliphatic rings. The number of hydrogen-bond acceptors (Lipinski definition) is 4.